The lowest BCUT2D eigenvalue weighted by molar-refractivity contribution is 0.419. The maximum Gasteiger partial charge on any atom is 0.148 e. The average Bonchev–Trinajstić information content (AvgIpc) is 2.98. The molecule has 2 aromatic heterocycles. The van der Waals surface area contributed by atoms with Gasteiger partial charge in [-0.05, 0) is 23.6 Å². The molecule has 4 nitrogen and oxygen atoms in total. The van der Waals surface area contributed by atoms with Gasteiger partial charge in [0.1, 0.15) is 22.6 Å². The van der Waals surface area contributed by atoms with Crippen molar-refractivity contribution in [2.75, 3.05) is 12.8 Å². The van der Waals surface area contributed by atoms with Gasteiger partial charge in [-0.2, -0.15) is 0 Å². The number of aromatic nitrogens is 2. The highest BCUT2D eigenvalue weighted by atomic mass is 35.5. The molecule has 0 aliphatic rings. The normalized spacial score (nSPS) is 10.3. The maximum atomic E-state index is 5.91. The number of nitrogens with two attached hydrogens (primary N) is 1. The summed E-state index contributed by atoms with van der Waals surface area (Å²) in [5.74, 6) is 1.58. The molecule has 94 valence electrons. The van der Waals surface area contributed by atoms with E-state index in [1.165, 1.54) is 0 Å². The SMILES string of the molecule is COc1ccc(N)c2nc(-c3cccs3)[nH]c12.Cl. The third-order valence-electron chi connectivity index (χ3n) is 2.61. The van der Waals surface area contributed by atoms with Crippen LogP contribution >= 0.6 is 23.7 Å². The van der Waals surface area contributed by atoms with Crippen molar-refractivity contribution in [1.29, 1.82) is 0 Å². The van der Waals surface area contributed by atoms with Crippen molar-refractivity contribution < 1.29 is 4.74 Å². The van der Waals surface area contributed by atoms with Gasteiger partial charge in [0.25, 0.3) is 0 Å². The number of thiophene rings is 1. The molecule has 3 N–H and O–H groups in total. The Hall–Kier alpha value is -1.72. The van der Waals surface area contributed by atoms with E-state index in [-0.39, 0.29) is 12.4 Å². The molecule has 6 heteroatoms. The third-order valence-corrected chi connectivity index (χ3v) is 3.49. The Labute approximate surface area is 114 Å². The molecular weight excluding hydrogens is 270 g/mol. The number of imidazole rings is 1. The van der Waals surface area contributed by atoms with E-state index in [0.29, 0.717) is 5.69 Å². The van der Waals surface area contributed by atoms with Crippen LogP contribution in [0.5, 0.6) is 5.75 Å². The Balaban J connectivity index is 0.00000120. The first-order valence-corrected chi connectivity index (χ1v) is 6.03. The zero-order valence-corrected chi connectivity index (χ0v) is 11.3. The van der Waals surface area contributed by atoms with E-state index in [2.05, 4.69) is 9.97 Å². The summed E-state index contributed by atoms with van der Waals surface area (Å²) in [6.07, 6.45) is 0. The Morgan fingerprint density at radius 1 is 1.33 bits per heavy atom. The standard InChI is InChI=1S/C12H11N3OS.ClH/c1-16-8-5-4-7(13)10-11(8)15-12(14-10)9-3-2-6-17-9;/h2-6H,13H2,1H3,(H,14,15);1H. The summed E-state index contributed by atoms with van der Waals surface area (Å²) < 4.78 is 5.29. The molecule has 0 unspecified atom stereocenters. The predicted molar refractivity (Wildman–Crippen MR) is 77.6 cm³/mol. The van der Waals surface area contributed by atoms with Gasteiger partial charge >= 0.3 is 0 Å². The molecule has 0 saturated heterocycles. The highest BCUT2D eigenvalue weighted by Gasteiger charge is 2.12. The van der Waals surface area contributed by atoms with E-state index < -0.39 is 0 Å². The molecule has 3 aromatic rings. The van der Waals surface area contributed by atoms with Crippen LogP contribution in [0, 0.1) is 0 Å². The molecule has 18 heavy (non-hydrogen) atoms. The lowest BCUT2D eigenvalue weighted by Gasteiger charge is -2.01. The van der Waals surface area contributed by atoms with Crippen LogP contribution < -0.4 is 10.5 Å². The van der Waals surface area contributed by atoms with Crippen LogP contribution in [-0.2, 0) is 0 Å². The summed E-state index contributed by atoms with van der Waals surface area (Å²) in [5.41, 5.74) is 8.17. The second-order valence-electron chi connectivity index (χ2n) is 3.64. The van der Waals surface area contributed by atoms with E-state index in [9.17, 15) is 0 Å². The highest BCUT2D eigenvalue weighted by molar-refractivity contribution is 7.13. The van der Waals surface area contributed by atoms with Crippen molar-refractivity contribution in [3.05, 3.63) is 29.6 Å². The van der Waals surface area contributed by atoms with E-state index in [1.807, 2.05) is 23.6 Å². The average molecular weight is 282 g/mol. The van der Waals surface area contributed by atoms with Gasteiger partial charge in [0.15, 0.2) is 0 Å². The largest absolute Gasteiger partial charge is 0.494 e. The summed E-state index contributed by atoms with van der Waals surface area (Å²) >= 11 is 1.64. The molecule has 0 aliphatic heterocycles. The number of halogens is 1. The van der Waals surface area contributed by atoms with Gasteiger partial charge in [-0.25, -0.2) is 4.98 Å². The number of nitrogen functional groups attached to an aromatic ring is 1. The number of anilines is 1. The summed E-state index contributed by atoms with van der Waals surface area (Å²) in [6, 6.07) is 7.66. The van der Waals surface area contributed by atoms with E-state index in [1.54, 1.807) is 24.5 Å². The molecular formula is C12H12ClN3OS. The molecule has 0 bridgehead atoms. The van der Waals surface area contributed by atoms with Crippen LogP contribution in [0.25, 0.3) is 21.7 Å². The van der Waals surface area contributed by atoms with Crippen LogP contribution in [0.1, 0.15) is 0 Å². The Morgan fingerprint density at radius 2 is 2.17 bits per heavy atom. The van der Waals surface area contributed by atoms with Gasteiger partial charge in [-0.3, -0.25) is 0 Å². The monoisotopic (exact) mass is 281 g/mol. The van der Waals surface area contributed by atoms with Crippen molar-refractivity contribution in [3.8, 4) is 16.5 Å². The first kappa shape index (κ1) is 12.7. The van der Waals surface area contributed by atoms with Gasteiger partial charge in [-0.15, -0.1) is 23.7 Å². The number of nitrogens with one attached hydrogen (secondary N) is 1. The van der Waals surface area contributed by atoms with Crippen LogP contribution in [-0.4, -0.2) is 17.1 Å². The van der Waals surface area contributed by atoms with Crippen LogP contribution in [0.15, 0.2) is 29.6 Å². The maximum absolute atomic E-state index is 5.91. The zero-order chi connectivity index (χ0) is 11.8. The number of hydrogen-bond donors (Lipinski definition) is 2. The summed E-state index contributed by atoms with van der Waals surface area (Å²) in [7, 11) is 1.64. The van der Waals surface area contributed by atoms with Crippen LogP contribution in [0.4, 0.5) is 5.69 Å². The number of rotatable bonds is 2. The molecule has 0 atom stereocenters. The van der Waals surface area contributed by atoms with E-state index in [4.69, 9.17) is 10.5 Å². The molecule has 3 rings (SSSR count). The van der Waals surface area contributed by atoms with Crippen molar-refractivity contribution in [2.45, 2.75) is 0 Å². The van der Waals surface area contributed by atoms with E-state index in [0.717, 1.165) is 27.5 Å². The lowest BCUT2D eigenvalue weighted by atomic mass is 10.2. The first-order chi connectivity index (χ1) is 8.29. The van der Waals surface area contributed by atoms with Crippen molar-refractivity contribution in [2.24, 2.45) is 0 Å². The third kappa shape index (κ3) is 1.91. The Morgan fingerprint density at radius 3 is 2.83 bits per heavy atom. The van der Waals surface area contributed by atoms with E-state index >= 15 is 0 Å². The summed E-state index contributed by atoms with van der Waals surface area (Å²) in [4.78, 5) is 8.85. The number of fused-ring (bicyclic) bond motifs is 1. The Bertz CT molecular complexity index is 663. The molecule has 0 spiro atoms. The van der Waals surface area contributed by atoms with Gasteiger partial charge in [0.05, 0.1) is 17.7 Å². The minimum absolute atomic E-state index is 0. The van der Waals surface area contributed by atoms with Crippen LogP contribution in [0.3, 0.4) is 0 Å². The van der Waals surface area contributed by atoms with Gasteiger partial charge in [0, 0.05) is 0 Å². The van der Waals surface area contributed by atoms with Crippen molar-refractivity contribution >= 4 is 40.5 Å². The summed E-state index contributed by atoms with van der Waals surface area (Å²) in [5, 5.41) is 2.02. The number of H-pyrrole nitrogens is 1. The second-order valence-corrected chi connectivity index (χ2v) is 4.59. The minimum Gasteiger partial charge on any atom is -0.494 e. The topological polar surface area (TPSA) is 63.9 Å². The van der Waals surface area contributed by atoms with Gasteiger partial charge in [0.2, 0.25) is 0 Å². The number of aromatic amines is 1. The number of benzene rings is 1. The van der Waals surface area contributed by atoms with Crippen LogP contribution in [0.2, 0.25) is 0 Å². The molecule has 0 fully saturated rings. The molecule has 1 aromatic carbocycles. The first-order valence-electron chi connectivity index (χ1n) is 5.15. The fourth-order valence-electron chi connectivity index (χ4n) is 1.79. The van der Waals surface area contributed by atoms with Gasteiger partial charge in [-0.1, -0.05) is 6.07 Å². The molecule has 0 aliphatic carbocycles. The minimum atomic E-state index is 0. The number of nitrogens with zero attached hydrogens (tertiary/aromatic N) is 1. The quantitative estimate of drug-likeness (QED) is 0.708. The highest BCUT2D eigenvalue weighted by Crippen LogP contribution is 2.32. The number of methoxy groups -OCH3 is 1. The number of hydrogen-bond acceptors (Lipinski definition) is 4. The fourth-order valence-corrected chi connectivity index (χ4v) is 2.46. The number of ether oxygens (including phenoxy) is 1. The Kier molecular flexibility index (Phi) is 3.45. The van der Waals surface area contributed by atoms with Gasteiger partial charge < -0.3 is 15.5 Å². The molecule has 2 heterocycles. The smallest absolute Gasteiger partial charge is 0.148 e. The molecule has 0 radical (unpaired) electrons. The molecule has 0 saturated carbocycles. The lowest BCUT2D eigenvalue weighted by Crippen LogP contribution is -1.89. The van der Waals surface area contributed by atoms with Crippen molar-refractivity contribution in [3.63, 3.8) is 0 Å². The summed E-state index contributed by atoms with van der Waals surface area (Å²) in [6.45, 7) is 0. The fraction of sp³-hybridized carbons (Fsp3) is 0.0833. The molecule has 0 amide bonds. The second kappa shape index (κ2) is 4.88. The zero-order valence-electron chi connectivity index (χ0n) is 9.64. The predicted octanol–water partition coefficient (Wildman–Crippen LogP) is 3.30. The van der Waals surface area contributed by atoms with Crippen molar-refractivity contribution in [1.82, 2.24) is 9.97 Å².